The van der Waals surface area contributed by atoms with Crippen LogP contribution in [0.4, 0.5) is 0 Å². The summed E-state index contributed by atoms with van der Waals surface area (Å²) in [5.74, 6) is 0. The van der Waals surface area contributed by atoms with Crippen LogP contribution < -0.4 is 5.73 Å². The van der Waals surface area contributed by atoms with Gasteiger partial charge in [0.1, 0.15) is 0 Å². The zero-order valence-corrected chi connectivity index (χ0v) is 14.5. The van der Waals surface area contributed by atoms with Crippen LogP contribution in [-0.2, 0) is 0 Å². The van der Waals surface area contributed by atoms with E-state index in [0.717, 1.165) is 4.47 Å². The summed E-state index contributed by atoms with van der Waals surface area (Å²) in [5, 5.41) is 0.243. The summed E-state index contributed by atoms with van der Waals surface area (Å²) in [5.41, 5.74) is 10.1. The lowest BCUT2D eigenvalue weighted by atomic mass is 10.1. The second kappa shape index (κ2) is 6.79. The Morgan fingerprint density at radius 2 is 1.75 bits per heavy atom. The van der Waals surface area contributed by atoms with E-state index >= 15 is 0 Å². The molecule has 0 aromatic heterocycles. The number of aryl methyl sites for hydroxylation is 2. The first kappa shape index (κ1) is 15.6. The molecule has 2 atom stereocenters. The summed E-state index contributed by atoms with van der Waals surface area (Å²) in [4.78, 5) is 1.27. The van der Waals surface area contributed by atoms with Gasteiger partial charge in [0, 0.05) is 15.4 Å². The Morgan fingerprint density at radius 3 is 2.35 bits per heavy atom. The highest BCUT2D eigenvalue weighted by Gasteiger charge is 2.20. The molecule has 0 heterocycles. The number of thioether (sulfide) groups is 1. The lowest BCUT2D eigenvalue weighted by Crippen LogP contribution is -2.22. The zero-order chi connectivity index (χ0) is 14.7. The first-order chi connectivity index (χ1) is 9.49. The van der Waals surface area contributed by atoms with Crippen molar-refractivity contribution < 1.29 is 0 Å². The number of rotatable bonds is 4. The van der Waals surface area contributed by atoms with Crippen LogP contribution in [0.1, 0.15) is 28.9 Å². The predicted octanol–water partition coefficient (Wildman–Crippen LogP) is 5.25. The zero-order valence-electron chi connectivity index (χ0n) is 12.1. The molecule has 0 aliphatic heterocycles. The van der Waals surface area contributed by atoms with Gasteiger partial charge in [0.05, 0.1) is 5.25 Å². The van der Waals surface area contributed by atoms with Crippen molar-refractivity contribution in [3.8, 4) is 0 Å². The summed E-state index contributed by atoms with van der Waals surface area (Å²) in [6.07, 6.45) is 0. The van der Waals surface area contributed by atoms with Crippen molar-refractivity contribution in [1.82, 2.24) is 0 Å². The van der Waals surface area contributed by atoms with Gasteiger partial charge in [0.15, 0.2) is 0 Å². The van der Waals surface area contributed by atoms with Gasteiger partial charge in [-0.05, 0) is 55.7 Å². The van der Waals surface area contributed by atoms with E-state index in [9.17, 15) is 0 Å². The molecule has 0 amide bonds. The Morgan fingerprint density at radius 1 is 1.05 bits per heavy atom. The Bertz CT molecular complexity index is 595. The molecule has 3 heteroatoms. The minimum Gasteiger partial charge on any atom is -0.327 e. The van der Waals surface area contributed by atoms with Gasteiger partial charge < -0.3 is 5.73 Å². The second-order valence-corrected chi connectivity index (χ2v) is 7.23. The summed E-state index contributed by atoms with van der Waals surface area (Å²) >= 11 is 5.47. The molecule has 2 unspecified atom stereocenters. The summed E-state index contributed by atoms with van der Waals surface area (Å²) in [6, 6.07) is 15.0. The molecule has 1 nitrogen and oxygen atoms in total. The fourth-order valence-electron chi connectivity index (χ4n) is 2.09. The third-order valence-corrected chi connectivity index (χ3v) is 5.62. The van der Waals surface area contributed by atoms with Gasteiger partial charge in [-0.25, -0.2) is 0 Å². The van der Waals surface area contributed by atoms with E-state index in [1.54, 1.807) is 0 Å². The van der Waals surface area contributed by atoms with Crippen molar-refractivity contribution in [3.05, 3.63) is 63.6 Å². The van der Waals surface area contributed by atoms with E-state index in [0.29, 0.717) is 0 Å². The van der Waals surface area contributed by atoms with Crippen molar-refractivity contribution in [1.29, 1.82) is 0 Å². The minimum absolute atomic E-state index is 0.0836. The number of benzene rings is 2. The fraction of sp³-hybridized carbons (Fsp3) is 0.294. The van der Waals surface area contributed by atoms with Crippen molar-refractivity contribution in [2.75, 3.05) is 0 Å². The van der Waals surface area contributed by atoms with Crippen molar-refractivity contribution in [2.45, 2.75) is 37.0 Å². The second-order valence-electron chi connectivity index (χ2n) is 5.17. The van der Waals surface area contributed by atoms with Gasteiger partial charge in [-0.15, -0.1) is 11.8 Å². The molecule has 0 bridgehead atoms. The number of halogens is 1. The average molecular weight is 350 g/mol. The van der Waals surface area contributed by atoms with E-state index in [4.69, 9.17) is 5.73 Å². The molecule has 0 aliphatic carbocycles. The molecule has 0 radical (unpaired) electrons. The third kappa shape index (κ3) is 3.66. The molecular weight excluding hydrogens is 330 g/mol. The van der Waals surface area contributed by atoms with Crippen molar-refractivity contribution >= 4 is 27.7 Å². The van der Waals surface area contributed by atoms with Crippen LogP contribution in [0.25, 0.3) is 0 Å². The molecule has 0 fully saturated rings. The van der Waals surface area contributed by atoms with Crippen LogP contribution in [0.3, 0.4) is 0 Å². The molecule has 0 saturated heterocycles. The molecule has 0 aliphatic rings. The fourth-order valence-corrected chi connectivity index (χ4v) is 4.01. The standard InChI is InChI=1S/C17H20BrNS/c1-11-8-9-14(10-12(11)2)20-17(13(3)19)15-6-4-5-7-16(15)18/h4-10,13,17H,19H2,1-3H3. The van der Waals surface area contributed by atoms with E-state index in [1.165, 1.54) is 21.6 Å². The normalized spacial score (nSPS) is 14.1. The SMILES string of the molecule is Cc1ccc(SC(c2ccccc2Br)C(C)N)cc1C. The molecule has 106 valence electrons. The Balaban J connectivity index is 2.31. The van der Waals surface area contributed by atoms with Crippen molar-refractivity contribution in [3.63, 3.8) is 0 Å². The predicted molar refractivity (Wildman–Crippen MR) is 92.3 cm³/mol. The maximum Gasteiger partial charge on any atom is 0.0504 e. The van der Waals surface area contributed by atoms with Gasteiger partial charge in [-0.2, -0.15) is 0 Å². The third-order valence-electron chi connectivity index (χ3n) is 3.43. The molecule has 2 aromatic rings. The summed E-state index contributed by atoms with van der Waals surface area (Å²) in [7, 11) is 0. The van der Waals surface area contributed by atoms with Gasteiger partial charge in [-0.3, -0.25) is 0 Å². The van der Waals surface area contributed by atoms with Gasteiger partial charge >= 0.3 is 0 Å². The lowest BCUT2D eigenvalue weighted by molar-refractivity contribution is 0.719. The monoisotopic (exact) mass is 349 g/mol. The Hall–Kier alpha value is -0.770. The number of hydrogen-bond donors (Lipinski definition) is 1. The van der Waals surface area contributed by atoms with Crippen LogP contribution in [0.2, 0.25) is 0 Å². The van der Waals surface area contributed by atoms with E-state index in [1.807, 2.05) is 17.8 Å². The number of hydrogen-bond acceptors (Lipinski definition) is 2. The van der Waals surface area contributed by atoms with Crippen LogP contribution >= 0.6 is 27.7 Å². The molecule has 0 spiro atoms. The first-order valence-corrected chi connectivity index (χ1v) is 8.40. The first-order valence-electron chi connectivity index (χ1n) is 6.73. The molecule has 0 saturated carbocycles. The largest absolute Gasteiger partial charge is 0.327 e. The van der Waals surface area contributed by atoms with Crippen LogP contribution in [0.15, 0.2) is 51.8 Å². The van der Waals surface area contributed by atoms with Gasteiger partial charge in [0.25, 0.3) is 0 Å². The highest BCUT2D eigenvalue weighted by atomic mass is 79.9. The van der Waals surface area contributed by atoms with Crippen LogP contribution in [-0.4, -0.2) is 6.04 Å². The summed E-state index contributed by atoms with van der Waals surface area (Å²) in [6.45, 7) is 6.36. The maximum absolute atomic E-state index is 6.21. The van der Waals surface area contributed by atoms with E-state index in [2.05, 4.69) is 73.1 Å². The maximum atomic E-state index is 6.21. The quantitative estimate of drug-likeness (QED) is 0.763. The topological polar surface area (TPSA) is 26.0 Å². The Labute approximate surface area is 134 Å². The van der Waals surface area contributed by atoms with Gasteiger partial charge in [-0.1, -0.05) is 40.2 Å². The summed E-state index contributed by atoms with van der Waals surface area (Å²) < 4.78 is 1.12. The molecular formula is C17H20BrNS. The Kier molecular flexibility index (Phi) is 5.30. The highest BCUT2D eigenvalue weighted by Crippen LogP contribution is 2.40. The van der Waals surface area contributed by atoms with E-state index < -0.39 is 0 Å². The smallest absolute Gasteiger partial charge is 0.0504 e. The number of nitrogens with two attached hydrogens (primary N) is 1. The van der Waals surface area contributed by atoms with Crippen molar-refractivity contribution in [2.24, 2.45) is 5.73 Å². The molecule has 2 rings (SSSR count). The molecule has 20 heavy (non-hydrogen) atoms. The average Bonchev–Trinajstić information content (AvgIpc) is 2.41. The van der Waals surface area contributed by atoms with Crippen LogP contribution in [0, 0.1) is 13.8 Å². The van der Waals surface area contributed by atoms with E-state index in [-0.39, 0.29) is 11.3 Å². The van der Waals surface area contributed by atoms with Gasteiger partial charge in [0.2, 0.25) is 0 Å². The lowest BCUT2D eigenvalue weighted by Gasteiger charge is -2.22. The molecule has 2 N–H and O–H groups in total. The highest BCUT2D eigenvalue weighted by molar-refractivity contribution is 9.10. The van der Waals surface area contributed by atoms with Crippen LogP contribution in [0.5, 0.6) is 0 Å². The minimum atomic E-state index is 0.0836. The molecule has 2 aromatic carbocycles.